The molecule has 12 heterocycles. The lowest BCUT2D eigenvalue weighted by Crippen LogP contribution is -2.46. The number of rotatable bonds is 21. The number of halogens is 12. The van der Waals surface area contributed by atoms with Crippen molar-refractivity contribution in [2.75, 3.05) is 12.4 Å². The molecule has 6 aromatic carbocycles. The number of hydrogen-bond acceptors (Lipinski definition) is 15. The van der Waals surface area contributed by atoms with Gasteiger partial charge in [-0.15, -0.1) is 10.2 Å². The van der Waals surface area contributed by atoms with Gasteiger partial charge in [-0.25, -0.2) is 13.5 Å². The van der Waals surface area contributed by atoms with Crippen LogP contribution in [-0.2, 0) is 89.5 Å². The van der Waals surface area contributed by atoms with Gasteiger partial charge >= 0.3 is 18.5 Å². The fourth-order valence-corrected chi connectivity index (χ4v) is 19.8. The normalized spacial score (nSPS) is 16.0. The lowest BCUT2D eigenvalue weighted by atomic mass is 9.95. The molecule has 18 rings (SSSR count). The zero-order chi connectivity index (χ0) is 92.6. The summed E-state index contributed by atoms with van der Waals surface area (Å²) in [6.45, 7) is 13.0. The van der Waals surface area contributed by atoms with Gasteiger partial charge in [0.1, 0.15) is 16.9 Å². The molecule has 9 aromatic heterocycles. The van der Waals surface area contributed by atoms with Crippen LogP contribution < -0.4 is 22.0 Å². The number of benzene rings is 6. The predicted molar refractivity (Wildman–Crippen MR) is 477 cm³/mol. The Hall–Kier alpha value is -12.8. The average Bonchev–Trinajstić information content (AvgIpc) is 1.66. The predicted octanol–water partition coefficient (Wildman–Crippen LogP) is 17.4. The minimum Gasteiger partial charge on any atom is -0.371 e. The summed E-state index contributed by atoms with van der Waals surface area (Å²) in [5.41, 5.74) is 7.00. The molecular formula is C92H83Br2ClF9N21O6. The highest BCUT2D eigenvalue weighted by Gasteiger charge is 2.42. The zero-order valence-electron chi connectivity index (χ0n) is 71.5. The number of aromatic nitrogens is 17. The molecule has 15 aromatic rings. The van der Waals surface area contributed by atoms with E-state index >= 15 is 14.4 Å². The molecule has 27 nitrogen and oxygen atoms in total. The molecule has 676 valence electrons. The van der Waals surface area contributed by atoms with Crippen molar-refractivity contribution in [1.29, 1.82) is 0 Å². The van der Waals surface area contributed by atoms with Crippen molar-refractivity contribution in [2.45, 2.75) is 169 Å². The number of nitrogens with one attached hydrogen (secondary N) is 4. The summed E-state index contributed by atoms with van der Waals surface area (Å²) in [7, 11) is 1.75. The summed E-state index contributed by atoms with van der Waals surface area (Å²) in [5.74, 6) is -1.48. The van der Waals surface area contributed by atoms with Crippen LogP contribution in [0.2, 0.25) is 5.02 Å². The largest absolute Gasteiger partial charge is 0.417 e. The molecule has 0 aliphatic carbocycles. The highest BCUT2D eigenvalue weighted by atomic mass is 79.9. The molecule has 3 aliphatic heterocycles. The first-order valence-corrected chi connectivity index (χ1v) is 44.5. The third-order valence-electron chi connectivity index (χ3n) is 25.3. The van der Waals surface area contributed by atoms with E-state index in [0.29, 0.717) is 169 Å². The smallest absolute Gasteiger partial charge is 0.371 e. The van der Waals surface area contributed by atoms with Gasteiger partial charge in [0.2, 0.25) is 0 Å². The van der Waals surface area contributed by atoms with E-state index in [1.54, 1.807) is 85.8 Å². The minimum absolute atomic E-state index is 0.0270. The quantitative estimate of drug-likeness (QED) is 0.0486. The SMILES string of the molecule is CNc1n[nH]c2cc(-n3c(=O)c4c(n5ncc(CC(C)CCc6nn[nH]c6-c6ccc(-n7c(=O)c8c(n9ncc(CC(C)CCc%10nn[nH]c%10-c%10ccc(-n%11c(=O)c%12c(n%13ncc(CC(C)C)c%11%13)CN(C(=O)c%11ccc(Cl)c(C(F)(F)F)c%11)[C@@H](C)C%12)cc%10)c79)CN(C(=O)c7ccc(Br)c(C(F)(F)F)c7)[C@@H](C)C8)cc6)c35)CN(C(=O)c3ccc(Br)c(C(F)(F)F)c3)[C@@H](C)C4)ccc12. The fraction of sp³-hybridized carbons (Fsp3) is 0.326. The number of fused-ring (bicyclic) bond motifs is 10. The Kier molecular flexibility index (Phi) is 23.1. The van der Waals surface area contributed by atoms with Crippen LogP contribution in [0.15, 0.2) is 163 Å². The molecule has 0 saturated heterocycles. The van der Waals surface area contributed by atoms with E-state index in [2.05, 4.69) is 92.0 Å². The highest BCUT2D eigenvalue weighted by Crippen LogP contribution is 2.42. The Balaban J connectivity index is 0.617. The molecule has 0 bridgehead atoms. The van der Waals surface area contributed by atoms with Gasteiger partial charge in [0.15, 0.2) is 5.82 Å². The highest BCUT2D eigenvalue weighted by molar-refractivity contribution is 9.10. The van der Waals surface area contributed by atoms with Gasteiger partial charge < -0.3 is 20.0 Å². The van der Waals surface area contributed by atoms with Crippen LogP contribution in [0.3, 0.4) is 0 Å². The first kappa shape index (κ1) is 88.8. The van der Waals surface area contributed by atoms with E-state index in [1.165, 1.54) is 45.0 Å². The summed E-state index contributed by atoms with van der Waals surface area (Å²) in [6, 6.07) is 28.0. The number of H-pyrrole nitrogens is 3. The molecule has 5 atom stereocenters. The number of aryl methyl sites for hydroxylation is 2. The Bertz CT molecular complexity index is 7310. The molecule has 4 N–H and O–H groups in total. The third-order valence-corrected chi connectivity index (χ3v) is 27.0. The Labute approximate surface area is 761 Å². The second-order valence-corrected chi connectivity index (χ2v) is 36.8. The summed E-state index contributed by atoms with van der Waals surface area (Å²) in [4.78, 5) is 93.5. The molecule has 0 spiro atoms. The second-order valence-electron chi connectivity index (χ2n) is 34.7. The van der Waals surface area contributed by atoms with Gasteiger partial charge in [0.05, 0.1) is 122 Å². The molecule has 2 unspecified atom stereocenters. The van der Waals surface area contributed by atoms with Gasteiger partial charge in [0.25, 0.3) is 34.4 Å². The number of aromatic amines is 3. The first-order valence-electron chi connectivity index (χ1n) is 42.5. The van der Waals surface area contributed by atoms with E-state index in [0.717, 1.165) is 35.2 Å². The van der Waals surface area contributed by atoms with E-state index in [-0.39, 0.29) is 93.4 Å². The Morgan fingerprint density at radius 2 is 0.847 bits per heavy atom. The molecule has 3 amide bonds. The Morgan fingerprint density at radius 3 is 1.23 bits per heavy atom. The molecular weight excluding hydrogens is 1860 g/mol. The third kappa shape index (κ3) is 16.3. The van der Waals surface area contributed by atoms with Gasteiger partial charge in [-0.3, -0.25) is 57.8 Å². The molecule has 0 radical (unpaired) electrons. The number of amides is 3. The standard InChI is InChI=1S/C92H83Br2ClF9N21O6/c1-45(2)29-56-39-106-123-75-42-119(86(128)55-17-26-71(95)68(37-55)92(102,103)104)49(6)33-63(75)87(129)120(81(56)123)59-18-11-51(12-19-59)78-72(110-115-112-78)27-9-46(3)30-57-40-107-124-76-43-117(84(126)53-15-24-69(93)66(35-53)90(96,97)98)48(5)32-64(76)88(130)121(82(57)124)60-20-13-52(14-21-60)79-73(111-116-113-79)28-10-47(4)31-58-41-108-125-77-44-118(85(127)54-16-25-70(94)67(36-54)91(99,100)101)50(7)34-65(77)89(131)122(83(58)125)61-22-23-62-74(38-61)109-114-80(62)105-8/h11-26,35-41,45-50H,9-10,27-34,42-44H2,1-8H3,(H2,105,109,114)(H,110,112,115)(H,111,113,116)/t46?,47?,48-,49-,50-/m0/s1. The van der Waals surface area contributed by atoms with Crippen molar-refractivity contribution in [2.24, 2.45) is 17.8 Å². The van der Waals surface area contributed by atoms with Crippen LogP contribution in [-0.4, -0.2) is 141 Å². The number of carbonyl (C=O) groups excluding carboxylic acids is 3. The van der Waals surface area contributed by atoms with Gasteiger partial charge in [-0.1, -0.05) is 106 Å². The maximum Gasteiger partial charge on any atom is 0.417 e. The Morgan fingerprint density at radius 1 is 0.481 bits per heavy atom. The first-order chi connectivity index (χ1) is 62.4. The molecule has 131 heavy (non-hydrogen) atoms. The van der Waals surface area contributed by atoms with Crippen molar-refractivity contribution in [3.63, 3.8) is 0 Å². The van der Waals surface area contributed by atoms with Crippen LogP contribution in [0.5, 0.6) is 0 Å². The average molecular weight is 1950 g/mol. The zero-order valence-corrected chi connectivity index (χ0v) is 75.5. The number of anilines is 1. The maximum absolute atomic E-state index is 15.7. The number of carbonyl (C=O) groups is 3. The van der Waals surface area contributed by atoms with Gasteiger partial charge in [0, 0.05) is 101 Å². The number of alkyl halides is 9. The van der Waals surface area contributed by atoms with Gasteiger partial charge in [-0.05, 0) is 200 Å². The van der Waals surface area contributed by atoms with Crippen molar-refractivity contribution >= 4 is 94.8 Å². The van der Waals surface area contributed by atoms with E-state index in [4.69, 9.17) is 26.9 Å². The molecule has 0 fully saturated rings. The maximum atomic E-state index is 15.7. The van der Waals surface area contributed by atoms with E-state index < -0.39 is 81.6 Å². The van der Waals surface area contributed by atoms with Crippen molar-refractivity contribution < 1.29 is 53.9 Å². The second kappa shape index (κ2) is 34.1. The van der Waals surface area contributed by atoms with Crippen molar-refractivity contribution in [3.8, 4) is 39.6 Å². The summed E-state index contributed by atoms with van der Waals surface area (Å²) in [5, 5.41) is 49.1. The van der Waals surface area contributed by atoms with Crippen LogP contribution in [0.1, 0.15) is 171 Å². The minimum atomic E-state index is -4.81. The monoisotopic (exact) mass is 1940 g/mol. The fourth-order valence-electron chi connectivity index (χ4n) is 18.6. The summed E-state index contributed by atoms with van der Waals surface area (Å²) in [6.07, 6.45) is -5.85. The number of hydrogen-bond donors (Lipinski definition) is 4. The van der Waals surface area contributed by atoms with E-state index in [9.17, 15) is 53.9 Å². The molecule has 0 saturated carbocycles. The van der Waals surface area contributed by atoms with Crippen LogP contribution in [0.4, 0.5) is 45.3 Å². The lowest BCUT2D eigenvalue weighted by molar-refractivity contribution is -0.139. The lowest BCUT2D eigenvalue weighted by Gasteiger charge is -2.35. The molecule has 39 heteroatoms. The molecule has 3 aliphatic rings. The van der Waals surface area contributed by atoms with Crippen LogP contribution in [0, 0.1) is 17.8 Å². The van der Waals surface area contributed by atoms with E-state index in [1.807, 2.05) is 68.4 Å². The van der Waals surface area contributed by atoms with Crippen LogP contribution >= 0.6 is 43.5 Å². The summed E-state index contributed by atoms with van der Waals surface area (Å²) >= 11 is 11.9. The van der Waals surface area contributed by atoms with Crippen molar-refractivity contribution in [1.82, 2.24) is 98.3 Å². The summed E-state index contributed by atoms with van der Waals surface area (Å²) < 4.78 is 137. The van der Waals surface area contributed by atoms with Gasteiger partial charge in [-0.2, -0.15) is 59.9 Å². The van der Waals surface area contributed by atoms with Crippen LogP contribution in [0.25, 0.3) is 67.4 Å². The number of nitrogens with zero attached hydrogens (tertiary/aromatic N) is 17. The topological polar surface area (TPSA) is 303 Å². The van der Waals surface area contributed by atoms with Crippen molar-refractivity contribution in [3.05, 3.63) is 280 Å².